The van der Waals surface area contributed by atoms with Crippen LogP contribution in [0.25, 0.3) is 5.65 Å². The van der Waals surface area contributed by atoms with E-state index in [-0.39, 0.29) is 28.9 Å². The van der Waals surface area contributed by atoms with Gasteiger partial charge in [0.1, 0.15) is 0 Å². The van der Waals surface area contributed by atoms with Crippen LogP contribution in [0.2, 0.25) is 0 Å². The van der Waals surface area contributed by atoms with Crippen LogP contribution in [0.3, 0.4) is 0 Å². The Bertz CT molecular complexity index is 1460. The molecule has 174 valence electrons. The molecule has 2 aromatic heterocycles. The molecule has 0 aliphatic rings. The molecule has 0 aliphatic carbocycles. The third kappa shape index (κ3) is 4.68. The van der Waals surface area contributed by atoms with E-state index in [0.29, 0.717) is 11.3 Å². The Morgan fingerprint density at radius 2 is 1.82 bits per heavy atom. The Balaban J connectivity index is 1.53. The van der Waals surface area contributed by atoms with E-state index in [1.807, 2.05) is 0 Å². The number of hydrogen-bond donors (Lipinski definition) is 3. The Morgan fingerprint density at radius 3 is 2.59 bits per heavy atom. The van der Waals surface area contributed by atoms with Gasteiger partial charge in [0.15, 0.2) is 5.65 Å². The van der Waals surface area contributed by atoms with Crippen molar-refractivity contribution in [3.63, 3.8) is 0 Å². The van der Waals surface area contributed by atoms with Crippen LogP contribution in [0.4, 0.5) is 24.5 Å². The molecule has 0 spiro atoms. The van der Waals surface area contributed by atoms with Gasteiger partial charge in [0.05, 0.1) is 23.2 Å². The van der Waals surface area contributed by atoms with E-state index >= 15 is 0 Å². The van der Waals surface area contributed by atoms with Crippen LogP contribution in [0, 0.1) is 6.92 Å². The predicted octanol–water partition coefficient (Wildman–Crippen LogP) is 3.78. The molecule has 4 aromatic rings. The van der Waals surface area contributed by atoms with E-state index in [1.165, 1.54) is 28.8 Å². The van der Waals surface area contributed by atoms with Crippen LogP contribution >= 0.6 is 0 Å². The highest BCUT2D eigenvalue weighted by atomic mass is 19.4. The van der Waals surface area contributed by atoms with Crippen LogP contribution in [-0.2, 0) is 17.4 Å². The zero-order chi connectivity index (χ0) is 24.5. The molecule has 2 aromatic carbocycles. The lowest BCUT2D eigenvalue weighted by Gasteiger charge is -2.13. The summed E-state index contributed by atoms with van der Waals surface area (Å²) in [5.41, 5.74) is -0.181. The van der Waals surface area contributed by atoms with Gasteiger partial charge >= 0.3 is 6.18 Å². The van der Waals surface area contributed by atoms with Crippen LogP contribution in [0.15, 0.2) is 65.6 Å². The minimum absolute atomic E-state index is 0.0413. The molecule has 0 unspecified atom stereocenters. The summed E-state index contributed by atoms with van der Waals surface area (Å²) in [7, 11) is 0. The first-order valence-electron chi connectivity index (χ1n) is 10.1. The van der Waals surface area contributed by atoms with E-state index in [2.05, 4.69) is 20.7 Å². The van der Waals surface area contributed by atoms with E-state index in [9.17, 15) is 27.6 Å². The first-order chi connectivity index (χ1) is 16.1. The fraction of sp³-hybridized carbons (Fsp3) is 0.130. The molecule has 11 heteroatoms. The first kappa shape index (κ1) is 22.8. The molecular weight excluding hydrogens is 451 g/mol. The summed E-state index contributed by atoms with van der Waals surface area (Å²) in [6.07, 6.45) is -3.29. The van der Waals surface area contributed by atoms with Crippen molar-refractivity contribution in [3.8, 4) is 0 Å². The SMILES string of the molecule is Cc1nc2cc[nH]n2c(=O)c1CC(=O)Nc1ccccc1C(=O)Nc1cccc(C(F)(F)F)c1. The molecule has 4 rings (SSSR count). The van der Waals surface area contributed by atoms with Crippen LogP contribution in [0.5, 0.6) is 0 Å². The number of nitrogens with one attached hydrogen (secondary N) is 3. The van der Waals surface area contributed by atoms with E-state index in [0.717, 1.165) is 12.1 Å². The number of halogens is 3. The quantitative estimate of drug-likeness (QED) is 0.413. The number of fused-ring (bicyclic) bond motifs is 1. The summed E-state index contributed by atoms with van der Waals surface area (Å²) in [5, 5.41) is 7.73. The third-order valence-corrected chi connectivity index (χ3v) is 5.08. The van der Waals surface area contributed by atoms with Crippen molar-refractivity contribution >= 4 is 28.8 Å². The number of aromatic amines is 1. The second kappa shape index (κ2) is 8.85. The Labute approximate surface area is 190 Å². The van der Waals surface area contributed by atoms with E-state index in [1.54, 1.807) is 31.3 Å². The molecular formula is C23H18F3N5O3. The van der Waals surface area contributed by atoms with Crippen LogP contribution < -0.4 is 16.2 Å². The minimum atomic E-state index is -4.55. The van der Waals surface area contributed by atoms with Gasteiger partial charge in [-0.15, -0.1) is 0 Å². The lowest BCUT2D eigenvalue weighted by atomic mass is 10.1. The zero-order valence-corrected chi connectivity index (χ0v) is 17.7. The van der Waals surface area contributed by atoms with Gasteiger partial charge < -0.3 is 10.6 Å². The topological polar surface area (TPSA) is 108 Å². The summed E-state index contributed by atoms with van der Waals surface area (Å²) in [6, 6.07) is 11.9. The van der Waals surface area contributed by atoms with Crippen molar-refractivity contribution in [3.05, 3.63) is 93.5 Å². The van der Waals surface area contributed by atoms with Gasteiger partial charge in [-0.1, -0.05) is 18.2 Å². The zero-order valence-electron chi connectivity index (χ0n) is 17.7. The fourth-order valence-electron chi connectivity index (χ4n) is 3.43. The molecule has 0 radical (unpaired) electrons. The van der Waals surface area contributed by atoms with Crippen molar-refractivity contribution in [1.29, 1.82) is 0 Å². The molecule has 0 bridgehead atoms. The van der Waals surface area contributed by atoms with Crippen molar-refractivity contribution in [2.24, 2.45) is 0 Å². The molecule has 3 N–H and O–H groups in total. The largest absolute Gasteiger partial charge is 0.416 e. The van der Waals surface area contributed by atoms with Gasteiger partial charge in [0.25, 0.3) is 11.5 Å². The Kier molecular flexibility index (Phi) is 5.93. The Hall–Kier alpha value is -4.41. The van der Waals surface area contributed by atoms with E-state index in [4.69, 9.17) is 0 Å². The number of carbonyl (C=O) groups is 2. The van der Waals surface area contributed by atoms with Gasteiger partial charge in [-0.3, -0.25) is 19.5 Å². The highest BCUT2D eigenvalue weighted by Gasteiger charge is 2.30. The lowest BCUT2D eigenvalue weighted by molar-refractivity contribution is -0.137. The smallest absolute Gasteiger partial charge is 0.325 e. The third-order valence-electron chi connectivity index (χ3n) is 5.08. The van der Waals surface area contributed by atoms with Crippen molar-refractivity contribution in [1.82, 2.24) is 14.6 Å². The number of nitrogens with zero attached hydrogens (tertiary/aromatic N) is 2. The molecule has 0 fully saturated rings. The molecule has 34 heavy (non-hydrogen) atoms. The molecule has 0 aliphatic heterocycles. The maximum atomic E-state index is 12.9. The number of rotatable bonds is 5. The average Bonchev–Trinajstić information content (AvgIpc) is 3.25. The highest BCUT2D eigenvalue weighted by molar-refractivity contribution is 6.10. The number of anilines is 2. The number of aromatic nitrogens is 3. The lowest BCUT2D eigenvalue weighted by Crippen LogP contribution is -2.27. The second-order valence-corrected chi connectivity index (χ2v) is 7.44. The summed E-state index contributed by atoms with van der Waals surface area (Å²) in [6.45, 7) is 1.62. The number of benzene rings is 2. The summed E-state index contributed by atoms with van der Waals surface area (Å²) in [5.74, 6) is -1.27. The van der Waals surface area contributed by atoms with Crippen molar-refractivity contribution < 1.29 is 22.8 Å². The molecule has 0 saturated heterocycles. The molecule has 0 atom stereocenters. The average molecular weight is 469 g/mol. The van der Waals surface area contributed by atoms with Gasteiger partial charge in [0, 0.05) is 29.2 Å². The second-order valence-electron chi connectivity index (χ2n) is 7.44. The predicted molar refractivity (Wildman–Crippen MR) is 119 cm³/mol. The molecule has 0 saturated carbocycles. The monoisotopic (exact) mass is 469 g/mol. The van der Waals surface area contributed by atoms with Crippen molar-refractivity contribution in [2.75, 3.05) is 10.6 Å². The molecule has 8 nitrogen and oxygen atoms in total. The van der Waals surface area contributed by atoms with Gasteiger partial charge in [-0.2, -0.15) is 13.2 Å². The fourth-order valence-corrected chi connectivity index (χ4v) is 3.43. The number of hydrogen-bond acceptors (Lipinski definition) is 4. The summed E-state index contributed by atoms with van der Waals surface area (Å²) in [4.78, 5) is 42.4. The maximum absolute atomic E-state index is 12.9. The van der Waals surface area contributed by atoms with Crippen LogP contribution in [-0.4, -0.2) is 26.4 Å². The van der Waals surface area contributed by atoms with Crippen LogP contribution in [0.1, 0.15) is 27.2 Å². The van der Waals surface area contributed by atoms with Crippen molar-refractivity contribution in [2.45, 2.75) is 19.5 Å². The normalized spacial score (nSPS) is 11.4. The highest BCUT2D eigenvalue weighted by Crippen LogP contribution is 2.31. The number of carbonyl (C=O) groups excluding carboxylic acids is 2. The number of H-pyrrole nitrogens is 1. The summed E-state index contributed by atoms with van der Waals surface area (Å²) < 4.78 is 40.1. The number of para-hydroxylation sites is 1. The van der Waals surface area contributed by atoms with Gasteiger partial charge in [-0.25, -0.2) is 9.50 Å². The Morgan fingerprint density at radius 1 is 1.06 bits per heavy atom. The standard InChI is InChI=1S/C23H18F3N5O3/c1-13-17(22(34)31-19(28-13)9-10-27-31)12-20(32)30-18-8-3-2-7-16(18)21(33)29-15-6-4-5-14(11-15)23(24,25)26/h2-11,27H,12H2,1H3,(H,29,33)(H,30,32). The van der Waals surface area contributed by atoms with E-state index < -0.39 is 29.1 Å². The van der Waals surface area contributed by atoms with Gasteiger partial charge in [0.2, 0.25) is 5.91 Å². The number of alkyl halides is 3. The molecule has 2 amide bonds. The number of aryl methyl sites for hydroxylation is 1. The number of amides is 2. The molecule has 2 heterocycles. The van der Waals surface area contributed by atoms with Gasteiger partial charge in [-0.05, 0) is 37.3 Å². The first-order valence-corrected chi connectivity index (χ1v) is 10.1. The maximum Gasteiger partial charge on any atom is 0.416 e. The summed E-state index contributed by atoms with van der Waals surface area (Å²) >= 11 is 0. The minimum Gasteiger partial charge on any atom is -0.325 e.